The molecule has 2 rings (SSSR count). The van der Waals surface area contributed by atoms with Crippen LogP contribution in [-0.2, 0) is 13.2 Å². The van der Waals surface area contributed by atoms with Crippen LogP contribution in [0, 0.1) is 0 Å². The number of halogens is 2. The molecule has 132 valence electrons. The maximum Gasteiger partial charge on any atom is 0.119 e. The molecule has 0 aliphatic rings. The lowest BCUT2D eigenvalue weighted by molar-refractivity contribution is 0.283. The Bertz CT molecular complexity index is 559. The molecule has 0 spiro atoms. The number of hydrogen-bond donors (Lipinski definition) is 2. The van der Waals surface area contributed by atoms with Crippen LogP contribution in [0.25, 0.3) is 0 Å². The van der Waals surface area contributed by atoms with Crippen molar-refractivity contribution < 1.29 is 9.84 Å². The van der Waals surface area contributed by atoms with Crippen molar-refractivity contribution >= 4 is 24.0 Å². The van der Waals surface area contributed by atoms with Crippen LogP contribution in [0.2, 0.25) is 5.02 Å². The van der Waals surface area contributed by atoms with Gasteiger partial charge in [0.1, 0.15) is 12.4 Å². The van der Waals surface area contributed by atoms with E-state index in [2.05, 4.69) is 17.4 Å². The van der Waals surface area contributed by atoms with Crippen LogP contribution in [0.1, 0.15) is 30.4 Å². The molecule has 0 unspecified atom stereocenters. The summed E-state index contributed by atoms with van der Waals surface area (Å²) in [7, 11) is 0. The van der Waals surface area contributed by atoms with Gasteiger partial charge < -0.3 is 15.2 Å². The second-order valence-corrected chi connectivity index (χ2v) is 5.96. The lowest BCUT2D eigenvalue weighted by Crippen LogP contribution is -2.14. The van der Waals surface area contributed by atoms with Crippen molar-refractivity contribution in [3.63, 3.8) is 0 Å². The molecule has 2 aromatic carbocycles. The molecule has 2 N–H and O–H groups in total. The van der Waals surface area contributed by atoms with E-state index in [0.717, 1.165) is 48.7 Å². The summed E-state index contributed by atoms with van der Waals surface area (Å²) in [6.45, 7) is 2.67. The molecule has 0 aliphatic carbocycles. The summed E-state index contributed by atoms with van der Waals surface area (Å²) < 4.78 is 5.77. The average Bonchev–Trinajstić information content (AvgIpc) is 2.58. The first-order chi connectivity index (χ1) is 11.3. The molecule has 3 nitrogen and oxygen atoms in total. The van der Waals surface area contributed by atoms with Crippen LogP contribution in [0.3, 0.4) is 0 Å². The fraction of sp³-hybridized carbons (Fsp3) is 0.368. The molecule has 0 bridgehead atoms. The zero-order valence-electron chi connectivity index (χ0n) is 13.7. The Morgan fingerprint density at radius 2 is 1.54 bits per heavy atom. The number of unbranched alkanes of at least 4 members (excludes halogenated alkanes) is 2. The van der Waals surface area contributed by atoms with Gasteiger partial charge in [-0.15, -0.1) is 12.4 Å². The maximum absolute atomic E-state index is 8.72. The van der Waals surface area contributed by atoms with Gasteiger partial charge in [-0.05, 0) is 61.2 Å². The zero-order chi connectivity index (χ0) is 16.3. The normalized spacial score (nSPS) is 10.2. The van der Waals surface area contributed by atoms with Gasteiger partial charge in [-0.2, -0.15) is 0 Å². The van der Waals surface area contributed by atoms with Crippen molar-refractivity contribution in [3.05, 3.63) is 64.7 Å². The van der Waals surface area contributed by atoms with Crippen LogP contribution >= 0.6 is 24.0 Å². The first kappa shape index (κ1) is 20.8. The lowest BCUT2D eigenvalue weighted by Gasteiger charge is -2.08. The molecule has 5 heteroatoms. The summed E-state index contributed by atoms with van der Waals surface area (Å²) in [5.74, 6) is 0.867. The number of ether oxygens (including phenoxy) is 1. The molecule has 0 aromatic heterocycles. The van der Waals surface area contributed by atoms with Crippen molar-refractivity contribution in [2.24, 2.45) is 0 Å². The van der Waals surface area contributed by atoms with Crippen molar-refractivity contribution in [2.45, 2.75) is 32.4 Å². The highest BCUT2D eigenvalue weighted by molar-refractivity contribution is 6.30. The highest BCUT2D eigenvalue weighted by Crippen LogP contribution is 2.15. The Balaban J connectivity index is 0.00000288. The lowest BCUT2D eigenvalue weighted by atomic mass is 10.2. The Hall–Kier alpha value is -1.26. The highest BCUT2D eigenvalue weighted by Gasteiger charge is 1.98. The second kappa shape index (κ2) is 12.2. The number of aliphatic hydroxyl groups is 1. The fourth-order valence-corrected chi connectivity index (χ4v) is 2.35. The predicted octanol–water partition coefficient (Wildman–Crippen LogP) is 4.59. The Kier molecular flexibility index (Phi) is 10.5. The van der Waals surface area contributed by atoms with Gasteiger partial charge in [0.25, 0.3) is 0 Å². The Morgan fingerprint density at radius 1 is 0.875 bits per heavy atom. The third kappa shape index (κ3) is 8.02. The molecule has 0 fully saturated rings. The van der Waals surface area contributed by atoms with E-state index in [4.69, 9.17) is 21.4 Å². The van der Waals surface area contributed by atoms with Crippen LogP contribution in [0.5, 0.6) is 5.75 Å². The van der Waals surface area contributed by atoms with Gasteiger partial charge in [-0.1, -0.05) is 35.9 Å². The summed E-state index contributed by atoms with van der Waals surface area (Å²) in [4.78, 5) is 0. The second-order valence-electron chi connectivity index (χ2n) is 5.52. The molecule has 24 heavy (non-hydrogen) atoms. The molecule has 0 aliphatic heterocycles. The third-order valence-corrected chi connectivity index (χ3v) is 3.83. The van der Waals surface area contributed by atoms with E-state index in [1.807, 2.05) is 36.4 Å². The summed E-state index contributed by atoms with van der Waals surface area (Å²) in [5, 5.41) is 12.9. The summed E-state index contributed by atoms with van der Waals surface area (Å²) >= 11 is 5.87. The molecular formula is C19H25Cl2NO2. The summed E-state index contributed by atoms with van der Waals surface area (Å²) in [6.07, 6.45) is 3.06. The summed E-state index contributed by atoms with van der Waals surface area (Å²) in [6, 6.07) is 15.8. The number of rotatable bonds is 10. The van der Waals surface area contributed by atoms with Gasteiger partial charge in [0.2, 0.25) is 0 Å². The molecule has 0 atom stereocenters. The minimum Gasteiger partial charge on any atom is -0.489 e. The molecule has 0 saturated heterocycles. The van der Waals surface area contributed by atoms with E-state index >= 15 is 0 Å². The fourth-order valence-electron chi connectivity index (χ4n) is 2.22. The van der Waals surface area contributed by atoms with Crippen molar-refractivity contribution in [1.82, 2.24) is 5.32 Å². The monoisotopic (exact) mass is 369 g/mol. The Morgan fingerprint density at radius 3 is 2.21 bits per heavy atom. The molecule has 0 amide bonds. The number of aliphatic hydroxyl groups excluding tert-OH is 1. The van der Waals surface area contributed by atoms with Crippen molar-refractivity contribution in [2.75, 3.05) is 13.2 Å². The number of hydrogen-bond acceptors (Lipinski definition) is 3. The van der Waals surface area contributed by atoms with E-state index in [1.54, 1.807) is 0 Å². The number of benzene rings is 2. The van der Waals surface area contributed by atoms with E-state index in [0.29, 0.717) is 6.61 Å². The third-order valence-electron chi connectivity index (χ3n) is 3.58. The molecular weight excluding hydrogens is 345 g/mol. The van der Waals surface area contributed by atoms with Gasteiger partial charge in [-0.25, -0.2) is 0 Å². The van der Waals surface area contributed by atoms with Crippen LogP contribution in [0.15, 0.2) is 48.5 Å². The molecule has 0 heterocycles. The minimum atomic E-state index is 0. The largest absolute Gasteiger partial charge is 0.489 e. The predicted molar refractivity (Wildman–Crippen MR) is 102 cm³/mol. The zero-order valence-corrected chi connectivity index (χ0v) is 15.3. The van der Waals surface area contributed by atoms with E-state index in [9.17, 15) is 0 Å². The smallest absolute Gasteiger partial charge is 0.119 e. The maximum atomic E-state index is 8.72. The van der Waals surface area contributed by atoms with Crippen LogP contribution in [-0.4, -0.2) is 18.3 Å². The van der Waals surface area contributed by atoms with Gasteiger partial charge >= 0.3 is 0 Å². The van der Waals surface area contributed by atoms with Gasteiger partial charge in [0.05, 0.1) is 0 Å². The quantitative estimate of drug-likeness (QED) is 0.601. The minimum absolute atomic E-state index is 0. The van der Waals surface area contributed by atoms with Crippen molar-refractivity contribution in [1.29, 1.82) is 0 Å². The average molecular weight is 370 g/mol. The topological polar surface area (TPSA) is 41.5 Å². The SMILES string of the molecule is Cl.OCCCCCNCc1ccc(OCc2ccc(Cl)cc2)cc1. The Labute approximate surface area is 155 Å². The van der Waals surface area contributed by atoms with E-state index < -0.39 is 0 Å². The highest BCUT2D eigenvalue weighted by atomic mass is 35.5. The molecule has 2 aromatic rings. The molecule has 0 radical (unpaired) electrons. The van der Waals surface area contributed by atoms with Crippen LogP contribution < -0.4 is 10.1 Å². The van der Waals surface area contributed by atoms with Gasteiger partial charge in [0, 0.05) is 18.2 Å². The first-order valence-corrected chi connectivity index (χ1v) is 8.43. The number of nitrogens with one attached hydrogen (secondary N) is 1. The standard InChI is InChI=1S/C19H24ClNO2.ClH/c20-18-8-4-17(5-9-18)15-23-19-10-6-16(7-11-19)14-21-12-2-1-3-13-22;/h4-11,21-22H,1-3,12-15H2;1H. The van der Waals surface area contributed by atoms with Gasteiger partial charge in [0.15, 0.2) is 0 Å². The van der Waals surface area contributed by atoms with E-state index in [-0.39, 0.29) is 19.0 Å². The van der Waals surface area contributed by atoms with E-state index in [1.165, 1.54) is 5.56 Å². The van der Waals surface area contributed by atoms with Crippen molar-refractivity contribution in [3.8, 4) is 5.75 Å². The first-order valence-electron chi connectivity index (χ1n) is 8.05. The summed E-state index contributed by atoms with van der Waals surface area (Å²) in [5.41, 5.74) is 2.34. The van der Waals surface area contributed by atoms with Gasteiger partial charge in [-0.3, -0.25) is 0 Å². The van der Waals surface area contributed by atoms with Crippen LogP contribution in [0.4, 0.5) is 0 Å². The molecule has 0 saturated carbocycles.